The second kappa shape index (κ2) is 7.24. The fraction of sp³-hybridized carbons (Fsp3) is 0.550. The minimum absolute atomic E-state index is 0.0782. The zero-order valence-electron chi connectivity index (χ0n) is 15.5. The van der Waals surface area contributed by atoms with Crippen molar-refractivity contribution in [1.29, 1.82) is 0 Å². The molecule has 1 saturated heterocycles. The van der Waals surface area contributed by atoms with Crippen molar-refractivity contribution >= 4 is 17.7 Å². The summed E-state index contributed by atoms with van der Waals surface area (Å²) in [5, 5.41) is 5.62. The average Bonchev–Trinajstić information content (AvgIpc) is 2.97. The first-order chi connectivity index (χ1) is 13.3. The Balaban J connectivity index is 1.38. The number of nitrogens with one attached hydrogen (secondary N) is 2. The van der Waals surface area contributed by atoms with Crippen molar-refractivity contribution in [2.45, 2.75) is 69.6 Å². The molecule has 3 amide bonds. The monoisotopic (exact) mass is 391 g/mol. The van der Waals surface area contributed by atoms with E-state index in [0.29, 0.717) is 37.9 Å². The first kappa shape index (κ1) is 19.0. The van der Waals surface area contributed by atoms with Crippen molar-refractivity contribution in [3.05, 3.63) is 34.9 Å². The molecule has 1 atom stereocenters. The van der Waals surface area contributed by atoms with Crippen LogP contribution in [0.3, 0.4) is 0 Å². The molecule has 2 heterocycles. The number of nitrogens with zero attached hydrogens (tertiary/aromatic N) is 1. The standard InChI is InChI=1S/C20H23F2N3O3/c21-20(22)7-5-14(6-8-20)23-10-12-1-2-15-13(9-12)11-25(19(15)28)16-3-4-17(26)24-18(16)27/h1-2,9,14,16,23H,3-8,10-11H2,(H,24,26,27). The van der Waals surface area contributed by atoms with Crippen LogP contribution >= 0.6 is 0 Å². The predicted molar refractivity (Wildman–Crippen MR) is 96.5 cm³/mol. The molecule has 28 heavy (non-hydrogen) atoms. The highest BCUT2D eigenvalue weighted by molar-refractivity contribution is 6.05. The Morgan fingerprint density at radius 2 is 1.89 bits per heavy atom. The molecule has 1 unspecified atom stereocenters. The van der Waals surface area contributed by atoms with Gasteiger partial charge >= 0.3 is 0 Å². The van der Waals surface area contributed by atoms with E-state index in [1.807, 2.05) is 12.1 Å². The van der Waals surface area contributed by atoms with Gasteiger partial charge in [-0.3, -0.25) is 19.7 Å². The number of fused-ring (bicyclic) bond motifs is 1. The Labute approximate surface area is 161 Å². The highest BCUT2D eigenvalue weighted by atomic mass is 19.3. The fourth-order valence-electron chi connectivity index (χ4n) is 4.24. The van der Waals surface area contributed by atoms with Gasteiger partial charge in [0.25, 0.3) is 5.91 Å². The summed E-state index contributed by atoms with van der Waals surface area (Å²) < 4.78 is 26.5. The first-order valence-electron chi connectivity index (χ1n) is 9.70. The van der Waals surface area contributed by atoms with Crippen molar-refractivity contribution in [3.8, 4) is 0 Å². The number of alkyl halides is 2. The van der Waals surface area contributed by atoms with E-state index in [4.69, 9.17) is 0 Å². The quantitative estimate of drug-likeness (QED) is 0.771. The molecule has 2 N–H and O–H groups in total. The van der Waals surface area contributed by atoms with Crippen molar-refractivity contribution in [2.75, 3.05) is 0 Å². The molecule has 4 rings (SSSR count). The van der Waals surface area contributed by atoms with Gasteiger partial charge in [0.1, 0.15) is 6.04 Å². The Kier molecular flexibility index (Phi) is 4.91. The lowest BCUT2D eigenvalue weighted by Crippen LogP contribution is -2.52. The van der Waals surface area contributed by atoms with E-state index in [1.54, 1.807) is 6.07 Å². The van der Waals surface area contributed by atoms with Crippen LogP contribution in [-0.2, 0) is 22.7 Å². The van der Waals surface area contributed by atoms with E-state index in [0.717, 1.165) is 11.1 Å². The van der Waals surface area contributed by atoms with Crippen LogP contribution in [0.25, 0.3) is 0 Å². The SMILES string of the molecule is O=C1CCC(N2Cc3cc(CNC4CCC(F)(F)CC4)ccc3C2=O)C(=O)N1. The zero-order valence-corrected chi connectivity index (χ0v) is 15.5. The largest absolute Gasteiger partial charge is 0.322 e. The Bertz CT molecular complexity index is 817. The number of piperidine rings is 1. The van der Waals surface area contributed by atoms with E-state index in [-0.39, 0.29) is 37.1 Å². The summed E-state index contributed by atoms with van der Waals surface area (Å²) in [5.41, 5.74) is 2.41. The zero-order chi connectivity index (χ0) is 19.9. The van der Waals surface area contributed by atoms with Gasteiger partial charge in [0.15, 0.2) is 0 Å². The third-order valence-corrected chi connectivity index (χ3v) is 5.90. The van der Waals surface area contributed by atoms with Crippen LogP contribution in [0.15, 0.2) is 18.2 Å². The lowest BCUT2D eigenvalue weighted by Gasteiger charge is -2.29. The van der Waals surface area contributed by atoms with E-state index >= 15 is 0 Å². The summed E-state index contributed by atoms with van der Waals surface area (Å²) in [6.07, 6.45) is 1.32. The number of hydrogen-bond donors (Lipinski definition) is 2. The summed E-state index contributed by atoms with van der Waals surface area (Å²) in [4.78, 5) is 37.6. The number of hydrogen-bond acceptors (Lipinski definition) is 4. The third-order valence-electron chi connectivity index (χ3n) is 5.90. The molecule has 8 heteroatoms. The molecule has 150 valence electrons. The van der Waals surface area contributed by atoms with Gasteiger partial charge in [-0.2, -0.15) is 0 Å². The highest BCUT2D eigenvalue weighted by Gasteiger charge is 2.39. The lowest BCUT2D eigenvalue weighted by molar-refractivity contribution is -0.136. The number of rotatable bonds is 4. The number of benzene rings is 1. The van der Waals surface area contributed by atoms with Crippen molar-refractivity contribution in [3.63, 3.8) is 0 Å². The van der Waals surface area contributed by atoms with Gasteiger partial charge in [-0.15, -0.1) is 0 Å². The Morgan fingerprint density at radius 1 is 1.14 bits per heavy atom. The van der Waals surface area contributed by atoms with Crippen LogP contribution in [0.4, 0.5) is 8.78 Å². The maximum Gasteiger partial charge on any atom is 0.255 e. The lowest BCUT2D eigenvalue weighted by atomic mass is 9.92. The van der Waals surface area contributed by atoms with Crippen LogP contribution in [0.2, 0.25) is 0 Å². The number of halogens is 2. The molecule has 1 aromatic carbocycles. The summed E-state index contributed by atoms with van der Waals surface area (Å²) in [5.74, 6) is -3.46. The van der Waals surface area contributed by atoms with Crippen molar-refractivity contribution < 1.29 is 23.2 Å². The molecular weight excluding hydrogens is 368 g/mol. The van der Waals surface area contributed by atoms with Crippen LogP contribution in [-0.4, -0.2) is 40.6 Å². The molecule has 6 nitrogen and oxygen atoms in total. The molecule has 0 aromatic heterocycles. The molecule has 0 spiro atoms. The van der Waals surface area contributed by atoms with E-state index in [2.05, 4.69) is 10.6 Å². The normalized spacial score (nSPS) is 25.0. The highest BCUT2D eigenvalue weighted by Crippen LogP contribution is 2.33. The second-order valence-electron chi connectivity index (χ2n) is 7.90. The van der Waals surface area contributed by atoms with Crippen molar-refractivity contribution in [1.82, 2.24) is 15.5 Å². The maximum atomic E-state index is 13.3. The molecule has 2 aliphatic heterocycles. The first-order valence-corrected chi connectivity index (χ1v) is 9.70. The maximum absolute atomic E-state index is 13.3. The second-order valence-corrected chi connectivity index (χ2v) is 7.90. The van der Waals surface area contributed by atoms with Crippen LogP contribution < -0.4 is 10.6 Å². The molecule has 0 bridgehead atoms. The summed E-state index contributed by atoms with van der Waals surface area (Å²) in [6.45, 7) is 0.889. The molecule has 1 aliphatic carbocycles. The van der Waals surface area contributed by atoms with Gasteiger partial charge in [-0.1, -0.05) is 12.1 Å². The number of carbonyl (C=O) groups is 3. The van der Waals surface area contributed by atoms with Gasteiger partial charge in [-0.05, 0) is 36.5 Å². The van der Waals surface area contributed by atoms with E-state index in [1.165, 1.54) is 4.90 Å². The predicted octanol–water partition coefficient (Wildman–Crippen LogP) is 2.12. The number of amides is 3. The van der Waals surface area contributed by atoms with Crippen molar-refractivity contribution in [2.24, 2.45) is 0 Å². The minimum Gasteiger partial charge on any atom is -0.322 e. The third kappa shape index (κ3) is 3.78. The minimum atomic E-state index is -2.54. The van der Waals surface area contributed by atoms with Gasteiger partial charge in [0, 0.05) is 44.0 Å². The topological polar surface area (TPSA) is 78.5 Å². The van der Waals surface area contributed by atoms with E-state index in [9.17, 15) is 23.2 Å². The summed E-state index contributed by atoms with van der Waals surface area (Å²) in [7, 11) is 0. The van der Waals surface area contributed by atoms with Crippen LogP contribution in [0, 0.1) is 0 Å². The number of imide groups is 1. The fourth-order valence-corrected chi connectivity index (χ4v) is 4.24. The van der Waals surface area contributed by atoms with Gasteiger partial charge in [-0.25, -0.2) is 8.78 Å². The van der Waals surface area contributed by atoms with Gasteiger partial charge in [0.05, 0.1) is 0 Å². The summed E-state index contributed by atoms with van der Waals surface area (Å²) >= 11 is 0. The Morgan fingerprint density at radius 3 is 2.61 bits per heavy atom. The number of carbonyl (C=O) groups excluding carboxylic acids is 3. The van der Waals surface area contributed by atoms with E-state index < -0.39 is 17.9 Å². The molecular formula is C20H23F2N3O3. The molecule has 3 aliphatic rings. The van der Waals surface area contributed by atoms with Crippen LogP contribution in [0.1, 0.15) is 60.0 Å². The molecule has 0 radical (unpaired) electrons. The molecule has 1 saturated carbocycles. The molecule has 2 fully saturated rings. The van der Waals surface area contributed by atoms with Crippen LogP contribution in [0.5, 0.6) is 0 Å². The Hall–Kier alpha value is -2.35. The molecule has 1 aromatic rings. The smallest absolute Gasteiger partial charge is 0.255 e. The average molecular weight is 391 g/mol. The van der Waals surface area contributed by atoms with Gasteiger partial charge < -0.3 is 10.2 Å². The van der Waals surface area contributed by atoms with Gasteiger partial charge in [0.2, 0.25) is 17.7 Å². The summed E-state index contributed by atoms with van der Waals surface area (Å²) in [6, 6.07) is 5.01.